The highest BCUT2D eigenvalue weighted by Gasteiger charge is 2.16. The van der Waals surface area contributed by atoms with E-state index in [4.69, 9.17) is 11.6 Å². The summed E-state index contributed by atoms with van der Waals surface area (Å²) in [4.78, 5) is 25.3. The number of halogens is 1. The maximum absolute atomic E-state index is 12.3. The van der Waals surface area contributed by atoms with Crippen LogP contribution >= 0.6 is 11.6 Å². The highest BCUT2D eigenvalue weighted by molar-refractivity contribution is 6.31. The van der Waals surface area contributed by atoms with Crippen LogP contribution in [-0.4, -0.2) is 54.0 Å². The van der Waals surface area contributed by atoms with Gasteiger partial charge in [0.05, 0.1) is 12.4 Å². The van der Waals surface area contributed by atoms with Gasteiger partial charge in [-0.25, -0.2) is 9.97 Å². The molecule has 7 heteroatoms. The molecule has 126 valence electrons. The summed E-state index contributed by atoms with van der Waals surface area (Å²) < 4.78 is 0. The average molecular weight is 346 g/mol. The molecule has 3 rings (SSSR count). The predicted octanol–water partition coefficient (Wildman–Crippen LogP) is 2.44. The predicted molar refractivity (Wildman–Crippen MR) is 95.9 cm³/mol. The third kappa shape index (κ3) is 3.83. The number of hydrogen-bond acceptors (Lipinski definition) is 5. The van der Waals surface area contributed by atoms with Gasteiger partial charge in [-0.1, -0.05) is 17.7 Å². The smallest absolute Gasteiger partial charge is 0.275 e. The fraction of sp³-hybridized carbons (Fsp3) is 0.353. The number of amides is 1. The molecule has 0 bridgehead atoms. The van der Waals surface area contributed by atoms with Crippen LogP contribution in [0.4, 0.5) is 11.5 Å². The summed E-state index contributed by atoms with van der Waals surface area (Å²) in [6.45, 7) is 5.74. The fourth-order valence-electron chi connectivity index (χ4n) is 2.50. The van der Waals surface area contributed by atoms with Gasteiger partial charge in [-0.05, 0) is 31.7 Å². The topological polar surface area (TPSA) is 61.4 Å². The number of benzene rings is 1. The number of hydrogen-bond donors (Lipinski definition) is 1. The second kappa shape index (κ2) is 7.15. The Hall–Kier alpha value is -2.18. The first kappa shape index (κ1) is 16.7. The highest BCUT2D eigenvalue weighted by atomic mass is 35.5. The Balaban J connectivity index is 1.66. The number of aryl methyl sites for hydroxylation is 1. The van der Waals surface area contributed by atoms with Crippen LogP contribution in [0.15, 0.2) is 30.6 Å². The average Bonchev–Trinajstić information content (AvgIpc) is 2.59. The zero-order valence-corrected chi connectivity index (χ0v) is 14.5. The lowest BCUT2D eigenvalue weighted by Crippen LogP contribution is -2.44. The Morgan fingerprint density at radius 3 is 2.54 bits per heavy atom. The van der Waals surface area contributed by atoms with Gasteiger partial charge in [0.2, 0.25) is 0 Å². The van der Waals surface area contributed by atoms with E-state index in [1.807, 2.05) is 19.1 Å². The molecule has 1 amide bonds. The van der Waals surface area contributed by atoms with Crippen LogP contribution in [0.5, 0.6) is 0 Å². The number of nitrogens with one attached hydrogen (secondary N) is 1. The Bertz CT molecular complexity index is 726. The summed E-state index contributed by atoms with van der Waals surface area (Å²) in [5, 5.41) is 3.40. The molecule has 2 heterocycles. The first-order chi connectivity index (χ1) is 11.5. The molecule has 1 fully saturated rings. The van der Waals surface area contributed by atoms with Crippen molar-refractivity contribution >= 4 is 29.0 Å². The SMILES string of the molecule is Cc1ccc(NC(=O)c2cnc(N3CCN(C)CC3)cn2)cc1Cl. The second-order valence-corrected chi connectivity index (χ2v) is 6.38. The minimum atomic E-state index is -0.299. The molecule has 1 aromatic carbocycles. The van der Waals surface area contributed by atoms with Crippen LogP contribution in [0, 0.1) is 6.92 Å². The monoisotopic (exact) mass is 345 g/mol. The summed E-state index contributed by atoms with van der Waals surface area (Å²) in [6.07, 6.45) is 3.17. The van der Waals surface area contributed by atoms with Crippen molar-refractivity contribution in [3.8, 4) is 0 Å². The van der Waals surface area contributed by atoms with Crippen LogP contribution in [0.1, 0.15) is 16.1 Å². The van der Waals surface area contributed by atoms with Gasteiger partial charge in [-0.15, -0.1) is 0 Å². The summed E-state index contributed by atoms with van der Waals surface area (Å²) >= 11 is 6.07. The molecule has 1 aliphatic heterocycles. The number of rotatable bonds is 3. The van der Waals surface area contributed by atoms with E-state index in [1.54, 1.807) is 12.3 Å². The number of aromatic nitrogens is 2. The molecule has 0 spiro atoms. The van der Waals surface area contributed by atoms with E-state index < -0.39 is 0 Å². The van der Waals surface area contributed by atoms with Crippen LogP contribution in [0.3, 0.4) is 0 Å². The van der Waals surface area contributed by atoms with Crippen molar-refractivity contribution in [3.63, 3.8) is 0 Å². The number of nitrogens with zero attached hydrogens (tertiary/aromatic N) is 4. The van der Waals surface area contributed by atoms with Gasteiger partial charge in [0.15, 0.2) is 0 Å². The Kier molecular flexibility index (Phi) is 4.97. The Morgan fingerprint density at radius 1 is 1.17 bits per heavy atom. The number of likely N-dealkylation sites (N-methyl/N-ethyl adjacent to an activating group) is 1. The van der Waals surface area contributed by atoms with Crippen LogP contribution < -0.4 is 10.2 Å². The van der Waals surface area contributed by atoms with Gasteiger partial charge in [0.25, 0.3) is 5.91 Å². The lowest BCUT2D eigenvalue weighted by molar-refractivity contribution is 0.102. The van der Waals surface area contributed by atoms with Crippen molar-refractivity contribution in [1.29, 1.82) is 0 Å². The zero-order chi connectivity index (χ0) is 17.1. The molecule has 6 nitrogen and oxygen atoms in total. The number of piperazine rings is 1. The molecule has 0 unspecified atom stereocenters. The van der Waals surface area contributed by atoms with Gasteiger partial charge >= 0.3 is 0 Å². The van der Waals surface area contributed by atoms with Gasteiger partial charge in [0.1, 0.15) is 11.5 Å². The molecule has 0 saturated carbocycles. The first-order valence-electron chi connectivity index (χ1n) is 7.86. The number of anilines is 2. The standard InChI is InChI=1S/C17H20ClN5O/c1-12-3-4-13(9-14(12)18)21-17(24)15-10-20-16(11-19-15)23-7-5-22(2)6-8-23/h3-4,9-11H,5-8H2,1-2H3,(H,21,24). The molecule has 0 radical (unpaired) electrons. The van der Waals surface area contributed by atoms with E-state index in [0.29, 0.717) is 10.7 Å². The largest absolute Gasteiger partial charge is 0.353 e. The Morgan fingerprint density at radius 2 is 1.92 bits per heavy atom. The lowest BCUT2D eigenvalue weighted by atomic mass is 10.2. The molecule has 1 saturated heterocycles. The highest BCUT2D eigenvalue weighted by Crippen LogP contribution is 2.20. The first-order valence-corrected chi connectivity index (χ1v) is 8.24. The van der Waals surface area contributed by atoms with E-state index in [9.17, 15) is 4.79 Å². The molecule has 2 aromatic rings. The molecule has 1 N–H and O–H groups in total. The molecule has 0 aliphatic carbocycles. The summed E-state index contributed by atoms with van der Waals surface area (Å²) in [5.74, 6) is 0.505. The minimum absolute atomic E-state index is 0.282. The lowest BCUT2D eigenvalue weighted by Gasteiger charge is -2.32. The second-order valence-electron chi connectivity index (χ2n) is 5.97. The minimum Gasteiger partial charge on any atom is -0.353 e. The summed E-state index contributed by atoms with van der Waals surface area (Å²) in [5.41, 5.74) is 1.89. The Labute approximate surface area is 146 Å². The fourth-order valence-corrected chi connectivity index (χ4v) is 2.68. The maximum Gasteiger partial charge on any atom is 0.275 e. The molecule has 1 aromatic heterocycles. The third-order valence-electron chi connectivity index (χ3n) is 4.13. The number of carbonyl (C=O) groups is 1. The van der Waals surface area contributed by atoms with E-state index in [-0.39, 0.29) is 11.6 Å². The third-order valence-corrected chi connectivity index (χ3v) is 4.54. The zero-order valence-electron chi connectivity index (χ0n) is 13.8. The van der Waals surface area contributed by atoms with Crippen molar-refractivity contribution in [2.24, 2.45) is 0 Å². The van der Waals surface area contributed by atoms with Crippen molar-refractivity contribution in [3.05, 3.63) is 46.9 Å². The van der Waals surface area contributed by atoms with E-state index >= 15 is 0 Å². The van der Waals surface area contributed by atoms with Crippen molar-refractivity contribution < 1.29 is 4.79 Å². The van der Waals surface area contributed by atoms with Gasteiger partial charge < -0.3 is 15.1 Å². The summed E-state index contributed by atoms with van der Waals surface area (Å²) in [6, 6.07) is 5.39. The molecule has 1 aliphatic rings. The van der Waals surface area contributed by atoms with Crippen molar-refractivity contribution in [2.75, 3.05) is 43.4 Å². The molecule has 0 atom stereocenters. The van der Waals surface area contributed by atoms with Crippen molar-refractivity contribution in [2.45, 2.75) is 6.92 Å². The number of carbonyl (C=O) groups excluding carboxylic acids is 1. The van der Waals surface area contributed by atoms with Crippen molar-refractivity contribution in [1.82, 2.24) is 14.9 Å². The maximum atomic E-state index is 12.3. The van der Waals surface area contributed by atoms with Crippen LogP contribution in [0.2, 0.25) is 5.02 Å². The van der Waals surface area contributed by atoms with E-state index in [2.05, 4.69) is 32.1 Å². The normalized spacial score (nSPS) is 15.4. The molecular formula is C17H20ClN5O. The van der Waals surface area contributed by atoms with E-state index in [1.165, 1.54) is 6.20 Å². The molecular weight excluding hydrogens is 326 g/mol. The van der Waals surface area contributed by atoms with Crippen LogP contribution in [-0.2, 0) is 0 Å². The van der Waals surface area contributed by atoms with Gasteiger partial charge in [-0.2, -0.15) is 0 Å². The molecule has 24 heavy (non-hydrogen) atoms. The quantitative estimate of drug-likeness (QED) is 0.925. The van der Waals surface area contributed by atoms with Gasteiger partial charge in [0, 0.05) is 36.9 Å². The summed E-state index contributed by atoms with van der Waals surface area (Å²) in [7, 11) is 2.10. The van der Waals surface area contributed by atoms with Gasteiger partial charge in [-0.3, -0.25) is 4.79 Å². The van der Waals surface area contributed by atoms with Crippen LogP contribution in [0.25, 0.3) is 0 Å². The van der Waals surface area contributed by atoms with E-state index in [0.717, 1.165) is 37.6 Å².